The van der Waals surface area contributed by atoms with Gasteiger partial charge in [0.1, 0.15) is 48.3 Å². The molecule has 75 heavy (non-hydrogen) atoms. The van der Waals surface area contributed by atoms with E-state index in [0.29, 0.717) is 11.3 Å². The first-order valence-corrected chi connectivity index (χ1v) is 25.1. The zero-order valence-corrected chi connectivity index (χ0v) is 42.6. The number of nitrogens with one attached hydrogen (secondary N) is 9. The first-order chi connectivity index (χ1) is 35.9. The van der Waals surface area contributed by atoms with Crippen LogP contribution in [0.3, 0.4) is 0 Å². The lowest BCUT2D eigenvalue weighted by Crippen LogP contribution is -2.61. The van der Waals surface area contributed by atoms with Gasteiger partial charge in [0.05, 0.1) is 11.8 Å². The molecule has 3 aromatic rings. The van der Waals surface area contributed by atoms with Gasteiger partial charge in [-0.2, -0.15) is 0 Å². The van der Waals surface area contributed by atoms with Crippen molar-refractivity contribution in [3.63, 3.8) is 0 Å². The van der Waals surface area contributed by atoms with Crippen LogP contribution < -0.4 is 70.8 Å². The zero-order chi connectivity index (χ0) is 55.0. The number of aromatic nitrogens is 1. The summed E-state index contributed by atoms with van der Waals surface area (Å²) in [5.74, 6) is -7.71. The molecule has 1 aliphatic rings. The Bertz CT molecular complexity index is 2400. The summed E-state index contributed by atoms with van der Waals surface area (Å²) in [6.07, 6.45) is -0.915. The molecule has 1 aliphatic heterocycles. The average Bonchev–Trinajstić information content (AvgIpc) is 3.38. The second kappa shape index (κ2) is 30.7. The van der Waals surface area contributed by atoms with Gasteiger partial charge in [0.2, 0.25) is 47.3 Å². The molecule has 18 N–H and O–H groups in total. The van der Waals surface area contributed by atoms with Crippen molar-refractivity contribution in [2.24, 2.45) is 28.9 Å². The van der Waals surface area contributed by atoms with Crippen LogP contribution in [0.15, 0.2) is 79.0 Å². The fourth-order valence-corrected chi connectivity index (χ4v) is 8.10. The molecule has 4 rings (SSSR count). The Morgan fingerprint density at radius 2 is 1.15 bits per heavy atom. The minimum atomic E-state index is -1.63. The summed E-state index contributed by atoms with van der Waals surface area (Å²) in [6.45, 7) is 4.06. The lowest BCUT2D eigenvalue weighted by atomic mass is 10.00. The van der Waals surface area contributed by atoms with Crippen LogP contribution in [-0.2, 0) is 44.8 Å². The van der Waals surface area contributed by atoms with Gasteiger partial charge in [-0.15, -0.1) is 0 Å². The molecule has 24 nitrogen and oxygen atoms in total. The third-order valence-corrected chi connectivity index (χ3v) is 12.1. The molecular formula is C51H74N14O10. The van der Waals surface area contributed by atoms with Crippen LogP contribution >= 0.6 is 0 Å². The average molecular weight is 1040 g/mol. The number of carbonyl (C=O) groups excluding carboxylic acids is 9. The molecule has 0 radical (unpaired) electrons. The van der Waals surface area contributed by atoms with Crippen molar-refractivity contribution in [2.75, 3.05) is 32.7 Å². The number of nitrogens with two attached hydrogens (primary N) is 4. The van der Waals surface area contributed by atoms with Crippen LogP contribution in [0.2, 0.25) is 0 Å². The van der Waals surface area contributed by atoms with E-state index in [2.05, 4.69) is 52.8 Å². The van der Waals surface area contributed by atoms with E-state index in [-0.39, 0.29) is 89.2 Å². The smallest absolute Gasteiger partial charge is 0.252 e. The Hall–Kier alpha value is -7.38. The van der Waals surface area contributed by atoms with Crippen LogP contribution in [0, 0.1) is 5.92 Å². The molecule has 408 valence electrons. The summed E-state index contributed by atoms with van der Waals surface area (Å²) >= 11 is 0. The lowest BCUT2D eigenvalue weighted by Gasteiger charge is -2.28. The number of hydrogen-bond acceptors (Lipinski definition) is 15. The van der Waals surface area contributed by atoms with Gasteiger partial charge >= 0.3 is 0 Å². The Morgan fingerprint density at radius 3 is 1.69 bits per heavy atom. The van der Waals surface area contributed by atoms with Crippen LogP contribution in [0.25, 0.3) is 11.3 Å². The van der Waals surface area contributed by atoms with E-state index in [1.54, 1.807) is 36.4 Å². The van der Waals surface area contributed by atoms with Gasteiger partial charge in [-0.3, -0.25) is 48.1 Å². The summed E-state index contributed by atoms with van der Waals surface area (Å²) in [5.41, 5.74) is 25.6. The fraction of sp³-hybridized carbons (Fsp3) is 0.490. The molecule has 0 unspecified atom stereocenters. The summed E-state index contributed by atoms with van der Waals surface area (Å²) in [7, 11) is 0. The van der Waals surface area contributed by atoms with Gasteiger partial charge in [0.25, 0.3) is 5.91 Å². The molecule has 0 spiro atoms. The molecule has 1 aromatic heterocycles. The molecule has 2 heterocycles. The highest BCUT2D eigenvalue weighted by atomic mass is 16.3. The Kier molecular flexibility index (Phi) is 24.7. The highest BCUT2D eigenvalue weighted by molar-refractivity contribution is 6.00. The van der Waals surface area contributed by atoms with Crippen LogP contribution in [0.4, 0.5) is 0 Å². The van der Waals surface area contributed by atoms with Crippen molar-refractivity contribution in [1.82, 2.24) is 52.8 Å². The number of pyridine rings is 1. The standard InChI is InChI=1S/C51H74N14O10/c1-29(2)26-40-49(73)61-35(15-21-53)45(69)60-37(17-23-55)48(72)65-42(30(3)66)51(75)57-25-19-38(47(71)59-36(16-22-54)46(70)64-41(50(74)63-40)27-31-10-6-4-7-11-31)62-44(68)34(14-20-52)58-43(67)33-18-24-56-39(28-33)32-12-8-5-9-13-32/h4-13,18,24,28-30,34-38,40-42,66H,14-17,19-23,25-27,52-55H2,1-3H3,(H,57,75)(H,58,67)(H,59,71)(H,60,69)(H,61,73)(H,62,68)(H,63,74)(H,64,70)(H,65,72)/t30-,34-,35+,36+,37+,38+,40+,41-,42+/m1/s1. The maximum absolute atomic E-state index is 14.4. The monoisotopic (exact) mass is 1040 g/mol. The minimum absolute atomic E-state index is 0.0757. The molecule has 0 aliphatic carbocycles. The maximum atomic E-state index is 14.4. The highest BCUT2D eigenvalue weighted by Crippen LogP contribution is 2.18. The maximum Gasteiger partial charge on any atom is 0.252 e. The summed E-state index contributed by atoms with van der Waals surface area (Å²) < 4.78 is 0. The van der Waals surface area contributed by atoms with Crippen LogP contribution in [0.1, 0.15) is 75.2 Å². The number of nitrogens with zero attached hydrogens (tertiary/aromatic N) is 1. The number of benzene rings is 2. The predicted octanol–water partition coefficient (Wildman–Crippen LogP) is -3.17. The number of hydrogen-bond donors (Lipinski definition) is 14. The second-order valence-electron chi connectivity index (χ2n) is 18.6. The number of amides is 9. The zero-order valence-electron chi connectivity index (χ0n) is 42.6. The molecule has 9 amide bonds. The molecule has 0 saturated carbocycles. The van der Waals surface area contributed by atoms with E-state index >= 15 is 0 Å². The second-order valence-corrected chi connectivity index (χ2v) is 18.6. The Morgan fingerprint density at radius 1 is 0.640 bits per heavy atom. The molecular weight excluding hydrogens is 969 g/mol. The predicted molar refractivity (Wildman–Crippen MR) is 278 cm³/mol. The van der Waals surface area contributed by atoms with E-state index in [1.807, 2.05) is 44.2 Å². The van der Waals surface area contributed by atoms with Crippen LogP contribution in [0.5, 0.6) is 0 Å². The first-order valence-electron chi connectivity index (χ1n) is 25.1. The van der Waals surface area contributed by atoms with Crippen molar-refractivity contribution in [1.29, 1.82) is 0 Å². The van der Waals surface area contributed by atoms with E-state index in [4.69, 9.17) is 22.9 Å². The van der Waals surface area contributed by atoms with Gasteiger partial charge in [-0.1, -0.05) is 74.5 Å². The first kappa shape index (κ1) is 60.2. The van der Waals surface area contributed by atoms with Gasteiger partial charge in [-0.25, -0.2) is 0 Å². The molecule has 0 bridgehead atoms. The third kappa shape index (κ3) is 19.1. The minimum Gasteiger partial charge on any atom is -0.391 e. The SMILES string of the molecule is CC(C)C[C@@H]1NC(=O)[C@@H](Cc2ccccc2)NC(=O)[C@H](CCN)NC(=O)[C@@H](NC(=O)[C@@H](CCN)NC(=O)c2ccnc(-c3ccccc3)c2)CCNC(=O)[C@H]([C@@H](C)O)NC(=O)[C@H](CCN)NC(=O)[C@H](CCN)NC1=O. The van der Waals surface area contributed by atoms with Crippen molar-refractivity contribution >= 4 is 53.2 Å². The van der Waals surface area contributed by atoms with E-state index < -0.39 is 108 Å². The van der Waals surface area contributed by atoms with E-state index in [9.17, 15) is 48.3 Å². The number of aliphatic hydroxyl groups is 1. The van der Waals surface area contributed by atoms with Crippen molar-refractivity contribution in [2.45, 2.75) is 120 Å². The molecule has 24 heteroatoms. The summed E-state index contributed by atoms with van der Waals surface area (Å²) in [5, 5.41) is 34.3. The van der Waals surface area contributed by atoms with Crippen molar-refractivity contribution in [3.05, 3.63) is 90.1 Å². The van der Waals surface area contributed by atoms with Gasteiger partial charge < -0.3 is 75.9 Å². The van der Waals surface area contributed by atoms with Crippen molar-refractivity contribution in [3.8, 4) is 11.3 Å². The van der Waals surface area contributed by atoms with Gasteiger partial charge in [0, 0.05) is 30.3 Å². The van der Waals surface area contributed by atoms with Crippen molar-refractivity contribution < 1.29 is 48.3 Å². The third-order valence-electron chi connectivity index (χ3n) is 12.1. The van der Waals surface area contributed by atoms with E-state index in [0.717, 1.165) is 5.56 Å². The quantitative estimate of drug-likeness (QED) is 0.0598. The molecule has 9 atom stereocenters. The lowest BCUT2D eigenvalue weighted by molar-refractivity contribution is -0.136. The molecule has 1 saturated heterocycles. The van der Waals surface area contributed by atoms with E-state index in [1.165, 1.54) is 19.2 Å². The Labute approximate surface area is 436 Å². The largest absolute Gasteiger partial charge is 0.391 e. The number of rotatable bonds is 18. The number of aliphatic hydroxyl groups excluding tert-OH is 1. The number of carbonyl (C=O) groups is 9. The summed E-state index contributed by atoms with van der Waals surface area (Å²) in [4.78, 5) is 131. The highest BCUT2D eigenvalue weighted by Gasteiger charge is 2.36. The normalized spacial score (nSPS) is 22.7. The Balaban J connectivity index is 1.74. The molecule has 2 aromatic carbocycles. The van der Waals surface area contributed by atoms with Gasteiger partial charge in [0.15, 0.2) is 0 Å². The summed E-state index contributed by atoms with van der Waals surface area (Å²) in [6, 6.07) is 9.58. The fourth-order valence-electron chi connectivity index (χ4n) is 8.10. The molecule has 1 fully saturated rings. The topological polar surface area (TPSA) is 399 Å². The van der Waals surface area contributed by atoms with Crippen LogP contribution in [-0.4, -0.2) is 150 Å². The van der Waals surface area contributed by atoms with Gasteiger partial charge in [-0.05, 0) is 95.2 Å².